The molecule has 5 heavy (non-hydrogen) atoms. The van der Waals surface area contributed by atoms with Crippen molar-refractivity contribution in [1.29, 1.82) is 0 Å². The first-order chi connectivity index (χ1) is 1.73. The number of halogens is 2. The van der Waals surface area contributed by atoms with E-state index in [1.54, 1.807) is 0 Å². The lowest BCUT2D eigenvalue weighted by Crippen LogP contribution is -1.69. The molecule has 0 aliphatic heterocycles. The lowest BCUT2D eigenvalue weighted by Gasteiger charge is -1.76. The number of hydrogen-bond acceptors (Lipinski definition) is 0. The van der Waals surface area contributed by atoms with Gasteiger partial charge in [0.1, 0.15) is 0 Å². The van der Waals surface area contributed by atoms with Gasteiger partial charge in [-0.2, -0.15) is 0 Å². The van der Waals surface area contributed by atoms with Crippen molar-refractivity contribution >= 4 is 15.9 Å². The summed E-state index contributed by atoms with van der Waals surface area (Å²) in [4.78, 5) is 0.646. The van der Waals surface area contributed by atoms with Crippen LogP contribution in [0.5, 0.6) is 0 Å². The highest BCUT2D eigenvalue weighted by atomic mass is 79.9. The fraction of sp³-hybridized carbons (Fsp3) is 1.00. The van der Waals surface area contributed by atoms with Crippen molar-refractivity contribution < 1.29 is 4.70 Å². The van der Waals surface area contributed by atoms with Crippen LogP contribution in [0.15, 0.2) is 0 Å². The van der Waals surface area contributed by atoms with Crippen molar-refractivity contribution in [3.8, 4) is 0 Å². The van der Waals surface area contributed by atoms with Crippen LogP contribution in [0.4, 0.5) is 4.70 Å². The van der Waals surface area contributed by atoms with E-state index in [1.165, 1.54) is 0 Å². The Bertz CT molecular complexity index is 11.6. The molecule has 0 aromatic rings. The smallest absolute Gasteiger partial charge is 0.00888 e. The molecule has 0 aliphatic rings. The van der Waals surface area contributed by atoms with Gasteiger partial charge >= 0.3 is 0 Å². The van der Waals surface area contributed by atoms with Gasteiger partial charge in [-0.15, -0.1) is 0 Å². The van der Waals surface area contributed by atoms with Crippen LogP contribution in [0, 0.1) is 0 Å². The first-order valence-corrected chi connectivity index (χ1v) is 2.29. The Morgan fingerprint density at radius 1 is 1.40 bits per heavy atom. The van der Waals surface area contributed by atoms with E-state index in [9.17, 15) is 0 Å². The topological polar surface area (TPSA) is 0 Å². The highest BCUT2D eigenvalue weighted by Crippen LogP contribution is 1.89. The normalized spacial score (nSPS) is 7.20. The summed E-state index contributed by atoms with van der Waals surface area (Å²) in [6.07, 6.45) is 0. The van der Waals surface area contributed by atoms with Gasteiger partial charge in [-0.3, -0.25) is 4.70 Å². The molecule has 0 fully saturated rings. The SMILES string of the molecule is CC(C)Br.F. The predicted molar refractivity (Wildman–Crippen MR) is 26.6 cm³/mol. The van der Waals surface area contributed by atoms with E-state index in [-0.39, 0.29) is 4.70 Å². The Balaban J connectivity index is 0. The lowest BCUT2D eigenvalue weighted by molar-refractivity contribution is 1.11. The second-order valence-corrected chi connectivity index (χ2v) is 2.85. The summed E-state index contributed by atoms with van der Waals surface area (Å²) < 4.78 is 0. The fourth-order valence-electron chi connectivity index (χ4n) is 0. The van der Waals surface area contributed by atoms with Crippen LogP contribution >= 0.6 is 15.9 Å². The van der Waals surface area contributed by atoms with Crippen LogP contribution < -0.4 is 0 Å². The van der Waals surface area contributed by atoms with Gasteiger partial charge < -0.3 is 0 Å². The summed E-state index contributed by atoms with van der Waals surface area (Å²) in [5.41, 5.74) is 0. The van der Waals surface area contributed by atoms with Crippen molar-refractivity contribution in [3.63, 3.8) is 0 Å². The predicted octanol–water partition coefficient (Wildman–Crippen LogP) is 1.94. The standard InChI is InChI=1S/C3H7Br.FH/c1-3(2)4;/h3H,1-2H3;1H. The average Bonchev–Trinajstić information content (AvgIpc) is 0.811. The molecule has 0 heterocycles. The summed E-state index contributed by atoms with van der Waals surface area (Å²) in [6, 6.07) is 0. The molecule has 0 unspecified atom stereocenters. The molecule has 0 bridgehead atoms. The summed E-state index contributed by atoms with van der Waals surface area (Å²) in [6.45, 7) is 4.17. The van der Waals surface area contributed by atoms with Crippen molar-refractivity contribution in [1.82, 2.24) is 0 Å². The molecule has 0 atom stereocenters. The molecule has 0 spiro atoms. The van der Waals surface area contributed by atoms with Crippen LogP contribution in [-0.4, -0.2) is 4.83 Å². The zero-order valence-electron chi connectivity index (χ0n) is 3.36. The van der Waals surface area contributed by atoms with Crippen LogP contribution in [0.1, 0.15) is 13.8 Å². The van der Waals surface area contributed by atoms with Crippen LogP contribution in [-0.2, 0) is 0 Å². The van der Waals surface area contributed by atoms with Gasteiger partial charge in [0.25, 0.3) is 0 Å². The van der Waals surface area contributed by atoms with Crippen molar-refractivity contribution in [3.05, 3.63) is 0 Å². The van der Waals surface area contributed by atoms with Gasteiger partial charge in [-0.05, 0) is 0 Å². The molecule has 0 aliphatic carbocycles. The quantitative estimate of drug-likeness (QED) is 0.454. The summed E-state index contributed by atoms with van der Waals surface area (Å²) in [5, 5.41) is 0. The highest BCUT2D eigenvalue weighted by Gasteiger charge is 1.71. The van der Waals surface area contributed by atoms with Gasteiger partial charge in [0.2, 0.25) is 0 Å². The van der Waals surface area contributed by atoms with Gasteiger partial charge in [0, 0.05) is 4.83 Å². The van der Waals surface area contributed by atoms with Gasteiger partial charge in [0.05, 0.1) is 0 Å². The maximum Gasteiger partial charge on any atom is 0.00888 e. The van der Waals surface area contributed by atoms with E-state index >= 15 is 0 Å². The molecule has 34 valence electrons. The average molecular weight is 143 g/mol. The fourth-order valence-corrected chi connectivity index (χ4v) is 0. The molecule has 0 saturated carbocycles. The molecular weight excluding hydrogens is 135 g/mol. The number of alkyl halides is 1. The van der Waals surface area contributed by atoms with Gasteiger partial charge in [0.15, 0.2) is 0 Å². The maximum absolute atomic E-state index is 3.27. The Morgan fingerprint density at radius 3 is 1.40 bits per heavy atom. The van der Waals surface area contributed by atoms with Gasteiger partial charge in [-0.25, -0.2) is 0 Å². The minimum atomic E-state index is 0. The minimum absolute atomic E-state index is 0. The third-order valence-electron chi connectivity index (χ3n) is 0. The molecule has 2 heteroatoms. The molecular formula is C3H8BrF. The van der Waals surface area contributed by atoms with E-state index in [2.05, 4.69) is 29.8 Å². The van der Waals surface area contributed by atoms with Crippen molar-refractivity contribution in [2.75, 3.05) is 0 Å². The van der Waals surface area contributed by atoms with Crippen molar-refractivity contribution in [2.45, 2.75) is 18.7 Å². The van der Waals surface area contributed by atoms with E-state index in [0.717, 1.165) is 0 Å². The van der Waals surface area contributed by atoms with Crippen LogP contribution in [0.3, 0.4) is 0 Å². The molecule has 0 radical (unpaired) electrons. The third-order valence-corrected chi connectivity index (χ3v) is 0. The summed E-state index contributed by atoms with van der Waals surface area (Å²) in [5.74, 6) is 0. The Morgan fingerprint density at radius 2 is 1.40 bits per heavy atom. The second-order valence-electron chi connectivity index (χ2n) is 1.01. The Labute approximate surface area is 40.1 Å². The maximum atomic E-state index is 3.27. The second kappa shape index (κ2) is 4.41. The minimum Gasteiger partial charge on any atom is -0.269 e. The zero-order valence-corrected chi connectivity index (χ0v) is 4.95. The van der Waals surface area contributed by atoms with Crippen LogP contribution in [0.25, 0.3) is 0 Å². The Hall–Kier alpha value is 0.410. The van der Waals surface area contributed by atoms with E-state index < -0.39 is 0 Å². The first-order valence-electron chi connectivity index (χ1n) is 1.37. The lowest BCUT2D eigenvalue weighted by atomic mass is 10.6. The first kappa shape index (κ1) is 9.05. The third kappa shape index (κ3) is 152. The van der Waals surface area contributed by atoms with E-state index in [4.69, 9.17) is 0 Å². The molecule has 0 saturated heterocycles. The monoisotopic (exact) mass is 142 g/mol. The van der Waals surface area contributed by atoms with Crippen molar-refractivity contribution in [2.24, 2.45) is 0 Å². The van der Waals surface area contributed by atoms with Crippen LogP contribution in [0.2, 0.25) is 0 Å². The zero-order chi connectivity index (χ0) is 3.58. The molecule has 0 amide bonds. The largest absolute Gasteiger partial charge is 0.269 e. The van der Waals surface area contributed by atoms with Gasteiger partial charge in [-0.1, -0.05) is 29.8 Å². The summed E-state index contributed by atoms with van der Waals surface area (Å²) >= 11 is 3.27. The molecule has 0 rings (SSSR count). The number of rotatable bonds is 0. The number of hydrogen-bond donors (Lipinski definition) is 0. The molecule has 0 nitrogen and oxygen atoms in total. The highest BCUT2D eigenvalue weighted by molar-refractivity contribution is 9.09. The molecule has 0 N–H and O–H groups in total. The summed E-state index contributed by atoms with van der Waals surface area (Å²) in [7, 11) is 0. The Kier molecular flexibility index (Phi) is 7.98. The van der Waals surface area contributed by atoms with E-state index in [0.29, 0.717) is 4.83 Å². The van der Waals surface area contributed by atoms with E-state index in [1.807, 2.05) is 0 Å². The molecule has 0 aromatic carbocycles. The molecule has 0 aromatic heterocycles.